The third-order valence-corrected chi connectivity index (χ3v) is 3.23. The molecular weight excluding hydrogens is 244 g/mol. The Kier molecular flexibility index (Phi) is 3.27. The van der Waals surface area contributed by atoms with Gasteiger partial charge in [0, 0.05) is 12.7 Å². The van der Waals surface area contributed by atoms with E-state index in [1.807, 2.05) is 19.1 Å². The summed E-state index contributed by atoms with van der Waals surface area (Å²) in [6, 6.07) is 3.85. The third kappa shape index (κ3) is 2.50. The number of nitrogens with two attached hydrogens (primary N) is 1. The first-order chi connectivity index (χ1) is 9.26. The van der Waals surface area contributed by atoms with Crippen molar-refractivity contribution < 1.29 is 9.26 Å². The van der Waals surface area contributed by atoms with E-state index < -0.39 is 0 Å². The topological polar surface area (TPSA) is 87.1 Å². The molecule has 0 aromatic carbocycles. The molecule has 6 nitrogen and oxygen atoms in total. The number of ether oxygens (including phenoxy) is 1. The molecule has 0 radical (unpaired) electrons. The smallest absolute Gasteiger partial charge is 0.256 e. The monoisotopic (exact) mass is 260 g/mol. The average molecular weight is 260 g/mol. The summed E-state index contributed by atoms with van der Waals surface area (Å²) in [5.74, 6) is 1.01. The quantitative estimate of drug-likeness (QED) is 0.902. The molecule has 0 spiro atoms. The van der Waals surface area contributed by atoms with E-state index in [1.165, 1.54) is 0 Å². The van der Waals surface area contributed by atoms with E-state index in [4.69, 9.17) is 15.0 Å². The number of pyridine rings is 1. The highest BCUT2D eigenvalue weighted by molar-refractivity contribution is 5.48. The summed E-state index contributed by atoms with van der Waals surface area (Å²) in [5, 5.41) is 3.96. The van der Waals surface area contributed by atoms with Gasteiger partial charge in [0.25, 0.3) is 5.89 Å². The number of aryl methyl sites for hydroxylation is 1. The predicted octanol–water partition coefficient (Wildman–Crippen LogP) is 1.62. The van der Waals surface area contributed by atoms with E-state index in [-0.39, 0.29) is 12.2 Å². The fourth-order valence-corrected chi connectivity index (χ4v) is 2.19. The molecule has 1 saturated heterocycles. The zero-order valence-electron chi connectivity index (χ0n) is 10.7. The Balaban J connectivity index is 1.80. The molecule has 2 N–H and O–H groups in total. The Morgan fingerprint density at radius 3 is 3.05 bits per heavy atom. The lowest BCUT2D eigenvalue weighted by atomic mass is 10.2. The zero-order chi connectivity index (χ0) is 13.2. The summed E-state index contributed by atoms with van der Waals surface area (Å²) in [6.07, 6.45) is 3.49. The van der Waals surface area contributed by atoms with Crippen molar-refractivity contribution in [3.8, 4) is 11.5 Å². The molecule has 0 bridgehead atoms. The van der Waals surface area contributed by atoms with Crippen LogP contribution in [-0.2, 0) is 4.74 Å². The Morgan fingerprint density at radius 2 is 2.32 bits per heavy atom. The molecule has 2 aromatic rings. The van der Waals surface area contributed by atoms with Gasteiger partial charge in [-0.2, -0.15) is 4.98 Å². The highest BCUT2D eigenvalue weighted by Gasteiger charge is 2.30. The molecule has 2 aromatic heterocycles. The van der Waals surface area contributed by atoms with Crippen molar-refractivity contribution in [2.24, 2.45) is 5.73 Å². The highest BCUT2D eigenvalue weighted by atomic mass is 16.5. The fourth-order valence-electron chi connectivity index (χ4n) is 2.19. The van der Waals surface area contributed by atoms with E-state index in [1.54, 1.807) is 6.20 Å². The van der Waals surface area contributed by atoms with Crippen LogP contribution in [0.3, 0.4) is 0 Å². The molecule has 6 heteroatoms. The normalized spacial score (nSPS) is 22.8. The van der Waals surface area contributed by atoms with Gasteiger partial charge in [-0.15, -0.1) is 0 Å². The number of rotatable bonds is 3. The summed E-state index contributed by atoms with van der Waals surface area (Å²) in [6.45, 7) is 2.52. The van der Waals surface area contributed by atoms with Gasteiger partial charge in [-0.25, -0.2) is 0 Å². The van der Waals surface area contributed by atoms with Gasteiger partial charge in [0.15, 0.2) is 0 Å². The van der Waals surface area contributed by atoms with Crippen LogP contribution in [0.4, 0.5) is 0 Å². The van der Waals surface area contributed by atoms with Gasteiger partial charge in [-0.3, -0.25) is 4.98 Å². The van der Waals surface area contributed by atoms with E-state index in [0.717, 1.165) is 18.4 Å². The van der Waals surface area contributed by atoms with Crippen LogP contribution in [0.25, 0.3) is 11.5 Å². The van der Waals surface area contributed by atoms with Crippen LogP contribution in [0.1, 0.15) is 30.4 Å². The van der Waals surface area contributed by atoms with E-state index in [0.29, 0.717) is 24.0 Å². The van der Waals surface area contributed by atoms with Gasteiger partial charge >= 0.3 is 0 Å². The Labute approximate surface area is 111 Å². The van der Waals surface area contributed by atoms with Crippen LogP contribution in [0, 0.1) is 6.92 Å². The van der Waals surface area contributed by atoms with Crippen LogP contribution < -0.4 is 5.73 Å². The lowest BCUT2D eigenvalue weighted by Gasteiger charge is -2.07. The standard InChI is InChI=1S/C13H16N4O2/c1-8-4-5-15-10(6-8)12-16-13(19-17-12)11-3-2-9(7-14)18-11/h4-6,9,11H,2-3,7,14H2,1H3. The van der Waals surface area contributed by atoms with Gasteiger partial charge in [0.1, 0.15) is 11.8 Å². The zero-order valence-corrected chi connectivity index (χ0v) is 10.7. The Bertz CT molecular complexity index is 569. The van der Waals surface area contributed by atoms with Gasteiger partial charge in [-0.1, -0.05) is 5.16 Å². The van der Waals surface area contributed by atoms with Gasteiger partial charge in [0.2, 0.25) is 5.82 Å². The van der Waals surface area contributed by atoms with Crippen molar-refractivity contribution in [2.45, 2.75) is 32.0 Å². The summed E-state index contributed by atoms with van der Waals surface area (Å²) in [5.41, 5.74) is 7.40. The highest BCUT2D eigenvalue weighted by Crippen LogP contribution is 2.32. The first-order valence-corrected chi connectivity index (χ1v) is 6.38. The van der Waals surface area contributed by atoms with Gasteiger partial charge < -0.3 is 15.0 Å². The number of hydrogen-bond donors (Lipinski definition) is 1. The minimum Gasteiger partial charge on any atom is -0.364 e. The number of nitrogens with zero attached hydrogens (tertiary/aromatic N) is 3. The SMILES string of the molecule is Cc1ccnc(-c2noc(C3CCC(CN)O3)n2)c1. The average Bonchev–Trinajstić information content (AvgIpc) is 3.07. The molecule has 19 heavy (non-hydrogen) atoms. The van der Waals surface area contributed by atoms with Crippen molar-refractivity contribution in [2.75, 3.05) is 6.54 Å². The molecule has 1 aliphatic heterocycles. The third-order valence-electron chi connectivity index (χ3n) is 3.23. The second kappa shape index (κ2) is 5.07. The van der Waals surface area contributed by atoms with Gasteiger partial charge in [-0.05, 0) is 37.5 Å². The molecule has 0 aliphatic carbocycles. The maximum Gasteiger partial charge on any atom is 0.256 e. The van der Waals surface area contributed by atoms with Crippen molar-refractivity contribution in [3.63, 3.8) is 0 Å². The molecule has 100 valence electrons. The molecule has 3 rings (SSSR count). The van der Waals surface area contributed by atoms with Gasteiger partial charge in [0.05, 0.1) is 6.10 Å². The Hall–Kier alpha value is -1.79. The maximum absolute atomic E-state index is 5.73. The first kappa shape index (κ1) is 12.3. The minimum atomic E-state index is -0.139. The van der Waals surface area contributed by atoms with E-state index >= 15 is 0 Å². The summed E-state index contributed by atoms with van der Waals surface area (Å²) in [4.78, 5) is 8.60. The maximum atomic E-state index is 5.73. The molecular formula is C13H16N4O2. The fraction of sp³-hybridized carbons (Fsp3) is 0.462. The lowest BCUT2D eigenvalue weighted by molar-refractivity contribution is 0.0307. The van der Waals surface area contributed by atoms with Crippen LogP contribution in [0.15, 0.2) is 22.9 Å². The van der Waals surface area contributed by atoms with Crippen LogP contribution >= 0.6 is 0 Å². The molecule has 1 aliphatic rings. The molecule has 2 unspecified atom stereocenters. The van der Waals surface area contributed by atoms with Crippen LogP contribution in [0.2, 0.25) is 0 Å². The largest absolute Gasteiger partial charge is 0.364 e. The Morgan fingerprint density at radius 1 is 1.42 bits per heavy atom. The van der Waals surface area contributed by atoms with Crippen molar-refractivity contribution in [3.05, 3.63) is 29.8 Å². The van der Waals surface area contributed by atoms with Crippen molar-refractivity contribution in [1.29, 1.82) is 0 Å². The minimum absolute atomic E-state index is 0.0949. The van der Waals surface area contributed by atoms with Crippen molar-refractivity contribution in [1.82, 2.24) is 15.1 Å². The predicted molar refractivity (Wildman–Crippen MR) is 68.2 cm³/mol. The van der Waals surface area contributed by atoms with Crippen LogP contribution in [0.5, 0.6) is 0 Å². The number of aromatic nitrogens is 3. The molecule has 2 atom stereocenters. The molecule has 1 fully saturated rings. The summed E-state index contributed by atoms with van der Waals surface area (Å²) in [7, 11) is 0. The molecule has 3 heterocycles. The van der Waals surface area contributed by atoms with E-state index in [9.17, 15) is 0 Å². The van der Waals surface area contributed by atoms with Crippen LogP contribution in [-0.4, -0.2) is 27.8 Å². The second-order valence-electron chi connectivity index (χ2n) is 4.73. The van der Waals surface area contributed by atoms with E-state index in [2.05, 4.69) is 15.1 Å². The second-order valence-corrected chi connectivity index (χ2v) is 4.73. The lowest BCUT2D eigenvalue weighted by Crippen LogP contribution is -2.18. The summed E-state index contributed by atoms with van der Waals surface area (Å²) >= 11 is 0. The first-order valence-electron chi connectivity index (χ1n) is 6.38. The molecule has 0 amide bonds. The number of hydrogen-bond acceptors (Lipinski definition) is 6. The molecule has 0 saturated carbocycles. The van der Waals surface area contributed by atoms with Crippen molar-refractivity contribution >= 4 is 0 Å². The summed E-state index contributed by atoms with van der Waals surface area (Å²) < 4.78 is 11.0.